The Labute approximate surface area is 120 Å². The maximum atomic E-state index is 12.4. The predicted octanol–water partition coefficient (Wildman–Crippen LogP) is 1.48. The average Bonchev–Trinajstić information content (AvgIpc) is 2.86. The first-order valence-electron chi connectivity index (χ1n) is 7.47. The zero-order valence-electron chi connectivity index (χ0n) is 12.2. The Balaban J connectivity index is 1.59. The van der Waals surface area contributed by atoms with Crippen molar-refractivity contribution >= 4 is 11.6 Å². The first-order chi connectivity index (χ1) is 9.63. The van der Waals surface area contributed by atoms with E-state index in [1.165, 1.54) is 5.56 Å². The van der Waals surface area contributed by atoms with Crippen molar-refractivity contribution in [3.05, 3.63) is 29.8 Å². The van der Waals surface area contributed by atoms with Crippen LogP contribution < -0.4 is 10.6 Å². The number of nitrogens with one attached hydrogen (secondary N) is 2. The Kier molecular flexibility index (Phi) is 3.66. The number of fused-ring (bicyclic) bond motifs is 1. The molecule has 1 amide bonds. The van der Waals surface area contributed by atoms with E-state index >= 15 is 0 Å². The summed E-state index contributed by atoms with van der Waals surface area (Å²) < 4.78 is 0. The number of nitrogens with zero attached hydrogens (tertiary/aromatic N) is 1. The van der Waals surface area contributed by atoms with E-state index in [9.17, 15) is 4.79 Å². The number of benzene rings is 1. The first kappa shape index (κ1) is 13.4. The minimum absolute atomic E-state index is 0.112. The van der Waals surface area contributed by atoms with Gasteiger partial charge in [0.05, 0.1) is 0 Å². The van der Waals surface area contributed by atoms with Crippen LogP contribution in [0.4, 0.5) is 5.69 Å². The van der Waals surface area contributed by atoms with Gasteiger partial charge in [0.25, 0.3) is 0 Å². The molecule has 3 atom stereocenters. The average molecular weight is 273 g/mol. The number of para-hydroxylation sites is 1. The second kappa shape index (κ2) is 5.44. The third-order valence-corrected chi connectivity index (χ3v) is 4.52. The van der Waals surface area contributed by atoms with Gasteiger partial charge >= 0.3 is 0 Å². The van der Waals surface area contributed by atoms with Gasteiger partial charge in [-0.05, 0) is 37.6 Å². The van der Waals surface area contributed by atoms with Crippen LogP contribution in [0.15, 0.2) is 24.3 Å². The summed E-state index contributed by atoms with van der Waals surface area (Å²) in [5.74, 6) is 0.657. The van der Waals surface area contributed by atoms with Crippen LogP contribution >= 0.6 is 0 Å². The maximum Gasteiger partial charge on any atom is 0.243 e. The molecule has 2 aliphatic rings. The Morgan fingerprint density at radius 3 is 2.95 bits per heavy atom. The van der Waals surface area contributed by atoms with Gasteiger partial charge in [-0.2, -0.15) is 0 Å². The van der Waals surface area contributed by atoms with Crippen LogP contribution in [0.5, 0.6) is 0 Å². The molecule has 3 rings (SSSR count). The summed E-state index contributed by atoms with van der Waals surface area (Å²) in [5.41, 5.74) is 2.34. The summed E-state index contributed by atoms with van der Waals surface area (Å²) in [6, 6.07) is 8.36. The molecule has 1 saturated heterocycles. The lowest BCUT2D eigenvalue weighted by atomic mass is 9.94. The molecule has 108 valence electrons. The van der Waals surface area contributed by atoms with Crippen molar-refractivity contribution < 1.29 is 4.79 Å². The van der Waals surface area contributed by atoms with Gasteiger partial charge < -0.3 is 15.5 Å². The molecule has 1 aromatic rings. The van der Waals surface area contributed by atoms with Gasteiger partial charge in [-0.1, -0.05) is 25.1 Å². The van der Waals surface area contributed by atoms with E-state index < -0.39 is 0 Å². The smallest absolute Gasteiger partial charge is 0.243 e. The van der Waals surface area contributed by atoms with Crippen molar-refractivity contribution in [3.63, 3.8) is 0 Å². The quantitative estimate of drug-likeness (QED) is 0.858. The summed E-state index contributed by atoms with van der Waals surface area (Å²) >= 11 is 0. The van der Waals surface area contributed by atoms with Gasteiger partial charge in [0.1, 0.15) is 6.04 Å². The summed E-state index contributed by atoms with van der Waals surface area (Å²) in [6.07, 6.45) is 1.84. The van der Waals surface area contributed by atoms with E-state index in [4.69, 9.17) is 0 Å². The van der Waals surface area contributed by atoms with Crippen molar-refractivity contribution in [2.24, 2.45) is 5.92 Å². The molecule has 0 bridgehead atoms. The summed E-state index contributed by atoms with van der Waals surface area (Å²) in [5, 5.41) is 6.56. The third kappa shape index (κ3) is 2.66. The summed E-state index contributed by atoms with van der Waals surface area (Å²) in [7, 11) is 2.14. The molecule has 0 radical (unpaired) electrons. The topological polar surface area (TPSA) is 44.4 Å². The second-order valence-electron chi connectivity index (χ2n) is 6.20. The van der Waals surface area contributed by atoms with Gasteiger partial charge in [0, 0.05) is 24.7 Å². The molecule has 20 heavy (non-hydrogen) atoms. The SMILES string of the molecule is CC1CN(C)CCC1NC(=O)C1Cc2ccccc2N1. The number of carbonyl (C=O) groups excluding carboxylic acids is 1. The Morgan fingerprint density at radius 1 is 1.40 bits per heavy atom. The largest absolute Gasteiger partial charge is 0.373 e. The molecule has 3 unspecified atom stereocenters. The molecule has 2 aliphatic heterocycles. The number of rotatable bonds is 2. The highest BCUT2D eigenvalue weighted by molar-refractivity contribution is 5.87. The van der Waals surface area contributed by atoms with Gasteiger partial charge in [0.15, 0.2) is 0 Å². The van der Waals surface area contributed by atoms with Crippen molar-refractivity contribution in [2.45, 2.75) is 31.8 Å². The van der Waals surface area contributed by atoms with E-state index in [0.717, 1.165) is 31.6 Å². The van der Waals surface area contributed by atoms with Crippen LogP contribution in [0.1, 0.15) is 18.9 Å². The molecular formula is C16H23N3O. The highest BCUT2D eigenvalue weighted by Crippen LogP contribution is 2.25. The molecule has 4 heteroatoms. The summed E-state index contributed by atoms with van der Waals surface area (Å²) in [6.45, 7) is 4.34. The molecule has 0 saturated carbocycles. The lowest BCUT2D eigenvalue weighted by Gasteiger charge is -2.35. The highest BCUT2D eigenvalue weighted by atomic mass is 16.2. The zero-order valence-corrected chi connectivity index (χ0v) is 12.2. The standard InChI is InChI=1S/C16H23N3O/c1-11-10-19(2)8-7-13(11)18-16(20)15-9-12-5-3-4-6-14(12)17-15/h3-6,11,13,15,17H,7-10H2,1-2H3,(H,18,20). The fraction of sp³-hybridized carbons (Fsp3) is 0.562. The van der Waals surface area contributed by atoms with Crippen molar-refractivity contribution in [3.8, 4) is 0 Å². The number of piperidine rings is 1. The lowest BCUT2D eigenvalue weighted by molar-refractivity contribution is -0.123. The van der Waals surface area contributed by atoms with Crippen LogP contribution in [0.3, 0.4) is 0 Å². The van der Waals surface area contributed by atoms with Crippen LogP contribution in [-0.2, 0) is 11.2 Å². The van der Waals surface area contributed by atoms with Gasteiger partial charge in [-0.15, -0.1) is 0 Å². The Hall–Kier alpha value is -1.55. The van der Waals surface area contributed by atoms with Gasteiger partial charge in [-0.25, -0.2) is 0 Å². The van der Waals surface area contributed by atoms with E-state index in [-0.39, 0.29) is 11.9 Å². The predicted molar refractivity (Wildman–Crippen MR) is 80.8 cm³/mol. The number of carbonyl (C=O) groups is 1. The lowest BCUT2D eigenvalue weighted by Crippen LogP contribution is -2.52. The van der Waals surface area contributed by atoms with Gasteiger partial charge in [-0.3, -0.25) is 4.79 Å². The van der Waals surface area contributed by atoms with Crippen molar-refractivity contribution in [1.82, 2.24) is 10.2 Å². The summed E-state index contributed by atoms with van der Waals surface area (Å²) in [4.78, 5) is 14.8. The van der Waals surface area contributed by atoms with E-state index in [0.29, 0.717) is 12.0 Å². The molecule has 1 aromatic carbocycles. The number of amides is 1. The molecule has 4 nitrogen and oxygen atoms in total. The molecular weight excluding hydrogens is 250 g/mol. The molecule has 0 spiro atoms. The third-order valence-electron chi connectivity index (χ3n) is 4.52. The maximum absolute atomic E-state index is 12.4. The zero-order chi connectivity index (χ0) is 14.1. The first-order valence-corrected chi connectivity index (χ1v) is 7.47. The van der Waals surface area contributed by atoms with E-state index in [1.54, 1.807) is 0 Å². The second-order valence-corrected chi connectivity index (χ2v) is 6.20. The Morgan fingerprint density at radius 2 is 2.20 bits per heavy atom. The van der Waals surface area contributed by atoms with Crippen LogP contribution in [0, 0.1) is 5.92 Å². The molecule has 2 heterocycles. The Bertz CT molecular complexity index is 477. The minimum atomic E-state index is -0.112. The fourth-order valence-electron chi connectivity index (χ4n) is 3.31. The fourth-order valence-corrected chi connectivity index (χ4v) is 3.31. The van der Waals surface area contributed by atoms with Crippen molar-refractivity contribution in [2.75, 3.05) is 25.5 Å². The van der Waals surface area contributed by atoms with Gasteiger partial charge in [0.2, 0.25) is 5.91 Å². The molecule has 0 aliphatic carbocycles. The van der Waals surface area contributed by atoms with Crippen LogP contribution in [-0.4, -0.2) is 43.0 Å². The van der Waals surface area contributed by atoms with E-state index in [2.05, 4.69) is 35.6 Å². The normalized spacial score (nSPS) is 29.6. The minimum Gasteiger partial charge on any atom is -0.373 e. The number of hydrogen-bond acceptors (Lipinski definition) is 3. The number of hydrogen-bond donors (Lipinski definition) is 2. The van der Waals surface area contributed by atoms with Crippen molar-refractivity contribution in [1.29, 1.82) is 0 Å². The molecule has 0 aromatic heterocycles. The number of likely N-dealkylation sites (tertiary alicyclic amines) is 1. The molecule has 1 fully saturated rings. The number of anilines is 1. The van der Waals surface area contributed by atoms with E-state index in [1.807, 2.05) is 18.2 Å². The van der Waals surface area contributed by atoms with Crippen LogP contribution in [0.25, 0.3) is 0 Å². The monoisotopic (exact) mass is 273 g/mol. The molecule has 2 N–H and O–H groups in total. The highest BCUT2D eigenvalue weighted by Gasteiger charge is 2.31. The van der Waals surface area contributed by atoms with Crippen LogP contribution in [0.2, 0.25) is 0 Å².